The smallest absolute Gasteiger partial charge is 0.161 e. The van der Waals surface area contributed by atoms with E-state index < -0.39 is 0 Å². The number of hydrogen-bond donors (Lipinski definition) is 0. The van der Waals surface area contributed by atoms with Crippen molar-refractivity contribution in [3.05, 3.63) is 181 Å². The van der Waals surface area contributed by atoms with Crippen LogP contribution in [0.2, 0.25) is 0 Å². The Morgan fingerprint density at radius 2 is 1.15 bits per heavy atom. The van der Waals surface area contributed by atoms with Gasteiger partial charge < -0.3 is 4.42 Å². The van der Waals surface area contributed by atoms with Gasteiger partial charge in [0.1, 0.15) is 11.3 Å². The molecule has 0 radical (unpaired) electrons. The predicted molar refractivity (Wildman–Crippen MR) is 225 cm³/mol. The quantitative estimate of drug-likeness (QED) is 0.166. The zero-order valence-electron chi connectivity index (χ0n) is 30.1. The first-order chi connectivity index (χ1) is 26.1. The second-order valence-electron chi connectivity index (χ2n) is 14.8. The maximum absolute atomic E-state index is 6.83. The second kappa shape index (κ2) is 12.5. The summed E-state index contributed by atoms with van der Waals surface area (Å²) in [5, 5.41) is 8.79. The van der Waals surface area contributed by atoms with Crippen molar-refractivity contribution < 1.29 is 4.42 Å². The highest BCUT2D eigenvalue weighted by Crippen LogP contribution is 2.48. The first-order valence-electron chi connectivity index (χ1n) is 18.8. The summed E-state index contributed by atoms with van der Waals surface area (Å²) in [5.41, 5.74) is 11.3. The topological polar surface area (TPSA) is 25.5 Å². The molecule has 2 heteroatoms. The summed E-state index contributed by atoms with van der Waals surface area (Å²) in [4.78, 5) is 5.57. The third kappa shape index (κ3) is 5.20. The number of aliphatic imine (C=N–C) groups is 1. The van der Waals surface area contributed by atoms with Crippen LogP contribution in [-0.2, 0) is 0 Å². The highest BCUT2D eigenvalue weighted by molar-refractivity contribution is 6.25. The number of furan rings is 1. The van der Waals surface area contributed by atoms with E-state index >= 15 is 0 Å². The molecule has 1 unspecified atom stereocenters. The first-order valence-corrected chi connectivity index (χ1v) is 18.8. The third-order valence-electron chi connectivity index (χ3n) is 11.5. The predicted octanol–water partition coefficient (Wildman–Crippen LogP) is 14.4. The monoisotopic (exact) mass is 681 g/mol. The average molecular weight is 682 g/mol. The Bertz CT molecular complexity index is 2850. The van der Waals surface area contributed by atoms with E-state index in [0.717, 1.165) is 47.2 Å². The highest BCUT2D eigenvalue weighted by atomic mass is 16.3. The molecule has 8 aromatic rings. The van der Waals surface area contributed by atoms with Crippen molar-refractivity contribution >= 4 is 60.3 Å². The Labute approximate surface area is 310 Å². The molecule has 10 rings (SSSR count). The maximum Gasteiger partial charge on any atom is 0.161 e. The largest absolute Gasteiger partial charge is 0.454 e. The van der Waals surface area contributed by atoms with Gasteiger partial charge in [-0.05, 0) is 97.2 Å². The molecular formula is C51H39NO. The van der Waals surface area contributed by atoms with Gasteiger partial charge in [0.25, 0.3) is 0 Å². The molecule has 7 aromatic carbocycles. The number of rotatable bonds is 5. The summed E-state index contributed by atoms with van der Waals surface area (Å²) in [6.45, 7) is 4.58. The standard InChI is InChI=1S/C51H39NO/c1-3-33-32-47(51(2)27-12-5-13-28-51)52-49-45-31-38(24-26-46(45)53-50(49)48(33)34-15-6-4-7-16-34)36-18-14-17-35(29-36)37-23-25-43-41-21-9-8-19-39(41)40-20-10-11-22-42(40)44(43)30-37/h4-27,29-31H,3,28,32H2,1-2H3. The van der Waals surface area contributed by atoms with Crippen LogP contribution >= 0.6 is 0 Å². The van der Waals surface area contributed by atoms with Crippen molar-refractivity contribution in [2.75, 3.05) is 0 Å². The molecule has 0 bridgehead atoms. The van der Waals surface area contributed by atoms with Crippen LogP contribution in [0.4, 0.5) is 5.69 Å². The summed E-state index contributed by atoms with van der Waals surface area (Å²) < 4.78 is 6.83. The van der Waals surface area contributed by atoms with E-state index in [4.69, 9.17) is 9.41 Å². The zero-order valence-corrected chi connectivity index (χ0v) is 30.1. The summed E-state index contributed by atoms with van der Waals surface area (Å²) >= 11 is 0. The molecule has 254 valence electrons. The van der Waals surface area contributed by atoms with Crippen LogP contribution in [0.15, 0.2) is 179 Å². The fourth-order valence-corrected chi connectivity index (χ4v) is 8.65. The molecule has 2 heterocycles. The second-order valence-corrected chi connectivity index (χ2v) is 14.8. The van der Waals surface area contributed by atoms with Crippen LogP contribution in [-0.4, -0.2) is 5.71 Å². The Hall–Kier alpha value is -6.25. The SMILES string of the molecule is CCC1=C(c2ccccc2)c2oc3ccc(-c4cccc(-c5ccc6c7ccccc7c7ccccc7c6c5)c4)cc3c2N=C(C2(C)C=CC=CC2)C1. The number of allylic oxidation sites excluding steroid dienone is 5. The molecule has 0 fully saturated rings. The molecule has 1 aliphatic carbocycles. The van der Waals surface area contributed by atoms with Crippen molar-refractivity contribution in [1.82, 2.24) is 0 Å². The van der Waals surface area contributed by atoms with E-state index in [0.29, 0.717) is 0 Å². The van der Waals surface area contributed by atoms with E-state index in [1.807, 2.05) is 0 Å². The number of hydrogen-bond acceptors (Lipinski definition) is 2. The Kier molecular flexibility index (Phi) is 7.40. The molecule has 0 N–H and O–H groups in total. The molecule has 1 aliphatic heterocycles. The Morgan fingerprint density at radius 3 is 1.81 bits per heavy atom. The van der Waals surface area contributed by atoms with Crippen molar-refractivity contribution in [2.45, 2.75) is 33.1 Å². The number of nitrogens with zero attached hydrogens (tertiary/aromatic N) is 1. The summed E-state index contributed by atoms with van der Waals surface area (Å²) in [6, 6.07) is 50.8. The molecule has 0 saturated heterocycles. The molecule has 0 amide bonds. The average Bonchev–Trinajstić information content (AvgIpc) is 3.47. The molecule has 53 heavy (non-hydrogen) atoms. The summed E-state index contributed by atoms with van der Waals surface area (Å²) in [6.07, 6.45) is 11.6. The molecular weight excluding hydrogens is 643 g/mol. The van der Waals surface area contributed by atoms with Crippen LogP contribution < -0.4 is 0 Å². The lowest BCUT2D eigenvalue weighted by Gasteiger charge is -2.29. The minimum atomic E-state index is -0.161. The number of fused-ring (bicyclic) bond motifs is 9. The van der Waals surface area contributed by atoms with Crippen molar-refractivity contribution in [2.24, 2.45) is 10.4 Å². The van der Waals surface area contributed by atoms with Crippen LogP contribution in [0.5, 0.6) is 0 Å². The maximum atomic E-state index is 6.83. The lowest BCUT2D eigenvalue weighted by molar-refractivity contribution is 0.591. The fourth-order valence-electron chi connectivity index (χ4n) is 8.65. The lowest BCUT2D eigenvalue weighted by Crippen LogP contribution is -2.26. The van der Waals surface area contributed by atoms with E-state index in [1.165, 1.54) is 71.4 Å². The lowest BCUT2D eigenvalue weighted by atomic mass is 9.76. The van der Waals surface area contributed by atoms with Gasteiger partial charge in [0, 0.05) is 28.5 Å². The zero-order chi connectivity index (χ0) is 35.5. The fraction of sp³-hybridized carbons (Fsp3) is 0.118. The Balaban J connectivity index is 1.13. The van der Waals surface area contributed by atoms with Gasteiger partial charge in [0.15, 0.2) is 5.76 Å². The van der Waals surface area contributed by atoms with E-state index in [9.17, 15) is 0 Å². The van der Waals surface area contributed by atoms with E-state index in [2.05, 4.69) is 178 Å². The van der Waals surface area contributed by atoms with Crippen LogP contribution in [0.25, 0.3) is 71.1 Å². The normalized spacial score (nSPS) is 17.1. The van der Waals surface area contributed by atoms with Crippen LogP contribution in [0.3, 0.4) is 0 Å². The van der Waals surface area contributed by atoms with Gasteiger partial charge in [-0.1, -0.05) is 159 Å². The van der Waals surface area contributed by atoms with Gasteiger partial charge in [0.05, 0.1) is 0 Å². The van der Waals surface area contributed by atoms with Gasteiger partial charge in [-0.2, -0.15) is 0 Å². The molecule has 1 atom stereocenters. The van der Waals surface area contributed by atoms with Gasteiger partial charge in [-0.3, -0.25) is 4.99 Å². The van der Waals surface area contributed by atoms with Crippen LogP contribution in [0, 0.1) is 5.41 Å². The van der Waals surface area contributed by atoms with Gasteiger partial charge in [-0.25, -0.2) is 0 Å². The van der Waals surface area contributed by atoms with Crippen LogP contribution in [0.1, 0.15) is 44.4 Å². The van der Waals surface area contributed by atoms with Crippen molar-refractivity contribution in [3.8, 4) is 22.3 Å². The third-order valence-corrected chi connectivity index (χ3v) is 11.5. The minimum Gasteiger partial charge on any atom is -0.454 e. The van der Waals surface area contributed by atoms with Gasteiger partial charge >= 0.3 is 0 Å². The first kappa shape index (κ1) is 31.5. The summed E-state index contributed by atoms with van der Waals surface area (Å²) in [5.74, 6) is 0.874. The molecule has 2 aliphatic rings. The molecule has 1 aromatic heterocycles. The molecule has 0 saturated carbocycles. The molecule has 0 spiro atoms. The summed E-state index contributed by atoms with van der Waals surface area (Å²) in [7, 11) is 0. The Morgan fingerprint density at radius 1 is 0.566 bits per heavy atom. The molecule has 2 nitrogen and oxygen atoms in total. The number of benzene rings is 7. The van der Waals surface area contributed by atoms with Crippen molar-refractivity contribution in [3.63, 3.8) is 0 Å². The van der Waals surface area contributed by atoms with E-state index in [1.54, 1.807) is 0 Å². The minimum absolute atomic E-state index is 0.161. The highest BCUT2D eigenvalue weighted by Gasteiger charge is 2.33. The van der Waals surface area contributed by atoms with Gasteiger partial charge in [0.2, 0.25) is 0 Å². The van der Waals surface area contributed by atoms with E-state index in [-0.39, 0.29) is 5.41 Å². The van der Waals surface area contributed by atoms with Gasteiger partial charge in [-0.15, -0.1) is 0 Å². The van der Waals surface area contributed by atoms with Crippen molar-refractivity contribution in [1.29, 1.82) is 0 Å².